The number of anilines is 1. The molecule has 0 saturated carbocycles. The molecule has 1 aromatic heterocycles. The molecule has 1 aliphatic heterocycles. The van der Waals surface area contributed by atoms with Crippen LogP contribution in [0.15, 0.2) is 59.5 Å². The van der Waals surface area contributed by atoms with E-state index >= 15 is 0 Å². The Morgan fingerprint density at radius 3 is 2.69 bits per heavy atom. The molecule has 0 radical (unpaired) electrons. The molecule has 0 atom stereocenters. The molecule has 7 heteroatoms. The maximum Gasteiger partial charge on any atom is 0.265 e. The van der Waals surface area contributed by atoms with Crippen LogP contribution in [-0.4, -0.2) is 29.2 Å². The molecule has 0 aliphatic carbocycles. The van der Waals surface area contributed by atoms with Crippen LogP contribution < -0.4 is 10.6 Å². The summed E-state index contributed by atoms with van der Waals surface area (Å²) < 4.78 is 5.40. The zero-order valence-corrected chi connectivity index (χ0v) is 15.1. The number of benzene rings is 1. The lowest BCUT2D eigenvalue weighted by Gasteiger charge is -2.17. The first-order valence-corrected chi connectivity index (χ1v) is 9.17. The molecule has 2 N–H and O–H groups in total. The summed E-state index contributed by atoms with van der Waals surface area (Å²) in [5.41, 5.74) is 2.09. The quantitative estimate of drug-likeness (QED) is 0.847. The fraction of sp³-hybridized carbons (Fsp3) is 0.211. The summed E-state index contributed by atoms with van der Waals surface area (Å²) in [5, 5.41) is 5.67. The van der Waals surface area contributed by atoms with Crippen LogP contribution in [-0.2, 0) is 16.1 Å². The van der Waals surface area contributed by atoms with E-state index in [0.717, 1.165) is 11.3 Å². The lowest BCUT2D eigenvalue weighted by molar-refractivity contribution is -0.112. The maximum absolute atomic E-state index is 12.3. The van der Waals surface area contributed by atoms with Crippen molar-refractivity contribution in [2.75, 3.05) is 17.7 Å². The molecule has 6 nitrogen and oxygen atoms in total. The summed E-state index contributed by atoms with van der Waals surface area (Å²) in [6.45, 7) is 2.82. The fourth-order valence-electron chi connectivity index (χ4n) is 2.41. The highest BCUT2D eigenvalue weighted by Crippen LogP contribution is 2.26. The highest BCUT2D eigenvalue weighted by molar-refractivity contribution is 8.04. The first-order chi connectivity index (χ1) is 12.6. The molecule has 0 unspecified atom stereocenters. The number of ether oxygens (including phenoxy) is 1. The summed E-state index contributed by atoms with van der Waals surface area (Å²) >= 11 is 1.48. The van der Waals surface area contributed by atoms with Crippen molar-refractivity contribution in [2.45, 2.75) is 13.5 Å². The van der Waals surface area contributed by atoms with Crippen molar-refractivity contribution in [1.29, 1.82) is 0 Å². The number of thioether (sulfide) groups is 1. The topological polar surface area (TPSA) is 80.3 Å². The molecular weight excluding hydrogens is 350 g/mol. The van der Waals surface area contributed by atoms with Gasteiger partial charge in [0, 0.05) is 35.9 Å². The van der Waals surface area contributed by atoms with E-state index < -0.39 is 0 Å². The number of hydrogen-bond donors (Lipinski definition) is 2. The number of nitrogens with one attached hydrogen (secondary N) is 2. The number of pyridine rings is 1. The Balaban J connectivity index is 1.57. The maximum atomic E-state index is 12.3. The highest BCUT2D eigenvalue weighted by atomic mass is 32.2. The number of carbonyl (C=O) groups is 2. The van der Waals surface area contributed by atoms with Gasteiger partial charge in [-0.1, -0.05) is 6.07 Å². The molecule has 2 amide bonds. The van der Waals surface area contributed by atoms with Crippen molar-refractivity contribution in [1.82, 2.24) is 10.3 Å². The Kier molecular flexibility index (Phi) is 5.91. The first-order valence-electron chi connectivity index (χ1n) is 8.18. The van der Waals surface area contributed by atoms with E-state index in [1.807, 2.05) is 12.1 Å². The number of nitrogens with zero attached hydrogens (tertiary/aromatic N) is 1. The van der Waals surface area contributed by atoms with E-state index in [1.54, 1.807) is 43.6 Å². The van der Waals surface area contributed by atoms with Crippen LogP contribution in [0.4, 0.5) is 5.69 Å². The van der Waals surface area contributed by atoms with Gasteiger partial charge in [0.2, 0.25) is 0 Å². The predicted molar refractivity (Wildman–Crippen MR) is 102 cm³/mol. The minimum Gasteiger partial charge on any atom is -0.496 e. The minimum absolute atomic E-state index is 0.179. The SMILES string of the molecule is CC1=C(C(=O)Nc2ccc(C(=O)NCc3cccnc3)cc2)SCCO1. The van der Waals surface area contributed by atoms with Crippen molar-refractivity contribution in [3.63, 3.8) is 0 Å². The van der Waals surface area contributed by atoms with Crippen LogP contribution in [0.1, 0.15) is 22.8 Å². The summed E-state index contributed by atoms with van der Waals surface area (Å²) in [6.07, 6.45) is 3.40. The summed E-state index contributed by atoms with van der Waals surface area (Å²) in [5.74, 6) is 1.03. The molecule has 134 valence electrons. The second kappa shape index (κ2) is 8.53. The van der Waals surface area contributed by atoms with Gasteiger partial charge in [-0.3, -0.25) is 14.6 Å². The Labute approximate surface area is 156 Å². The van der Waals surface area contributed by atoms with E-state index in [-0.39, 0.29) is 11.8 Å². The number of hydrogen-bond acceptors (Lipinski definition) is 5. The zero-order valence-electron chi connectivity index (χ0n) is 14.3. The lowest BCUT2D eigenvalue weighted by atomic mass is 10.2. The van der Waals surface area contributed by atoms with Crippen LogP contribution in [0, 0.1) is 0 Å². The van der Waals surface area contributed by atoms with Crippen LogP contribution in [0.2, 0.25) is 0 Å². The van der Waals surface area contributed by atoms with Gasteiger partial charge in [-0.2, -0.15) is 0 Å². The number of carbonyl (C=O) groups excluding carboxylic acids is 2. The van der Waals surface area contributed by atoms with Gasteiger partial charge in [0.05, 0.1) is 6.61 Å². The summed E-state index contributed by atoms with van der Waals surface area (Å²) in [6, 6.07) is 10.5. The van der Waals surface area contributed by atoms with E-state index in [9.17, 15) is 9.59 Å². The second-order valence-electron chi connectivity index (χ2n) is 5.66. The molecule has 1 aliphatic rings. The Morgan fingerprint density at radius 1 is 1.19 bits per heavy atom. The second-order valence-corrected chi connectivity index (χ2v) is 6.76. The predicted octanol–water partition coefficient (Wildman–Crippen LogP) is 2.95. The van der Waals surface area contributed by atoms with Gasteiger partial charge in [-0.25, -0.2) is 0 Å². The zero-order chi connectivity index (χ0) is 18.4. The molecule has 0 saturated heterocycles. The van der Waals surface area contributed by atoms with Gasteiger partial charge in [-0.05, 0) is 42.8 Å². The van der Waals surface area contributed by atoms with E-state index in [2.05, 4.69) is 15.6 Å². The molecule has 0 bridgehead atoms. The van der Waals surface area contributed by atoms with E-state index in [0.29, 0.717) is 35.1 Å². The molecule has 2 aromatic rings. The average Bonchev–Trinajstić information content (AvgIpc) is 2.68. The summed E-state index contributed by atoms with van der Waals surface area (Å²) in [7, 11) is 0. The number of allylic oxidation sites excluding steroid dienone is 1. The number of rotatable bonds is 5. The standard InChI is InChI=1S/C19H19N3O3S/c1-13-17(26-10-9-25-13)19(24)22-16-6-4-15(5-7-16)18(23)21-12-14-3-2-8-20-11-14/h2-8,11H,9-10,12H2,1H3,(H,21,23)(H,22,24). The van der Waals surface area contributed by atoms with Crippen molar-refractivity contribution in [3.05, 3.63) is 70.6 Å². The number of aromatic nitrogens is 1. The average molecular weight is 369 g/mol. The van der Waals surface area contributed by atoms with Crippen LogP contribution in [0.25, 0.3) is 0 Å². The molecule has 0 spiro atoms. The third-order valence-corrected chi connectivity index (χ3v) is 4.89. The molecule has 3 rings (SSSR count). The first kappa shape index (κ1) is 18.0. The largest absolute Gasteiger partial charge is 0.496 e. The molecule has 1 aromatic carbocycles. The molecule has 2 heterocycles. The van der Waals surface area contributed by atoms with Crippen molar-refractivity contribution >= 4 is 29.3 Å². The molecule has 26 heavy (non-hydrogen) atoms. The van der Waals surface area contributed by atoms with Gasteiger partial charge < -0.3 is 15.4 Å². The number of amides is 2. The van der Waals surface area contributed by atoms with E-state index in [1.165, 1.54) is 11.8 Å². The molecular formula is C19H19N3O3S. The monoisotopic (exact) mass is 369 g/mol. The van der Waals surface area contributed by atoms with Gasteiger partial charge in [-0.15, -0.1) is 11.8 Å². The third kappa shape index (κ3) is 4.64. The lowest BCUT2D eigenvalue weighted by Crippen LogP contribution is -2.23. The van der Waals surface area contributed by atoms with E-state index in [4.69, 9.17) is 4.74 Å². The van der Waals surface area contributed by atoms with Gasteiger partial charge in [0.25, 0.3) is 11.8 Å². The third-order valence-electron chi connectivity index (χ3n) is 3.76. The Bertz CT molecular complexity index is 820. The minimum atomic E-state index is -0.194. The fourth-order valence-corrected chi connectivity index (χ4v) is 3.23. The van der Waals surface area contributed by atoms with Crippen molar-refractivity contribution < 1.29 is 14.3 Å². The van der Waals surface area contributed by atoms with Crippen LogP contribution in [0.3, 0.4) is 0 Å². The smallest absolute Gasteiger partial charge is 0.265 e. The normalized spacial score (nSPS) is 13.7. The Hall–Kier alpha value is -2.80. The van der Waals surface area contributed by atoms with Crippen LogP contribution in [0.5, 0.6) is 0 Å². The van der Waals surface area contributed by atoms with Gasteiger partial charge >= 0.3 is 0 Å². The van der Waals surface area contributed by atoms with Crippen molar-refractivity contribution in [2.24, 2.45) is 0 Å². The highest BCUT2D eigenvalue weighted by Gasteiger charge is 2.18. The molecule has 0 fully saturated rings. The Morgan fingerprint density at radius 2 is 2.00 bits per heavy atom. The van der Waals surface area contributed by atoms with Crippen molar-refractivity contribution in [3.8, 4) is 0 Å². The summed E-state index contributed by atoms with van der Waals surface area (Å²) in [4.78, 5) is 29.1. The van der Waals surface area contributed by atoms with Gasteiger partial charge in [0.15, 0.2) is 0 Å². The van der Waals surface area contributed by atoms with Gasteiger partial charge in [0.1, 0.15) is 10.7 Å². The van der Waals surface area contributed by atoms with Crippen LogP contribution >= 0.6 is 11.8 Å².